The van der Waals surface area contributed by atoms with Crippen LogP contribution in [0.5, 0.6) is 0 Å². The number of esters is 1. The van der Waals surface area contributed by atoms with E-state index in [9.17, 15) is 13.2 Å². The van der Waals surface area contributed by atoms with Crippen LogP contribution in [0.3, 0.4) is 0 Å². The number of nitrogens with one attached hydrogen (secondary N) is 1. The topological polar surface area (TPSA) is 84.8 Å². The van der Waals surface area contributed by atoms with Gasteiger partial charge in [-0.05, 0) is 42.5 Å². The van der Waals surface area contributed by atoms with Crippen LogP contribution in [0.2, 0.25) is 0 Å². The van der Waals surface area contributed by atoms with E-state index >= 15 is 0 Å². The molecule has 132 valence electrons. The lowest BCUT2D eigenvalue weighted by molar-refractivity contribution is -0.145. The molecule has 3 rings (SSSR count). The molecular formula is C17H18N2O4S2. The first kappa shape index (κ1) is 17.6. The molecule has 1 aliphatic carbocycles. The Morgan fingerprint density at radius 2 is 1.96 bits per heavy atom. The Kier molecular flexibility index (Phi) is 4.91. The third kappa shape index (κ3) is 3.74. The minimum Gasteiger partial charge on any atom is -0.469 e. The third-order valence-corrected chi connectivity index (χ3v) is 6.31. The summed E-state index contributed by atoms with van der Waals surface area (Å²) in [6.07, 6.45) is 0.922. The quantitative estimate of drug-likeness (QED) is 0.654. The van der Waals surface area contributed by atoms with Crippen molar-refractivity contribution in [2.75, 3.05) is 7.11 Å². The molecule has 0 bridgehead atoms. The lowest BCUT2D eigenvalue weighted by Gasteiger charge is -2.21. The number of sulfonamides is 1. The van der Waals surface area contributed by atoms with Crippen LogP contribution in [-0.4, -0.2) is 27.2 Å². The van der Waals surface area contributed by atoms with Crippen molar-refractivity contribution in [3.8, 4) is 0 Å². The maximum Gasteiger partial charge on any atom is 0.309 e. The molecule has 0 fully saturated rings. The number of thiophene rings is 1. The minimum atomic E-state index is -3.75. The second-order valence-corrected chi connectivity index (χ2v) is 8.45. The van der Waals surface area contributed by atoms with E-state index in [1.807, 2.05) is 18.4 Å². The van der Waals surface area contributed by atoms with Gasteiger partial charge in [-0.1, -0.05) is 17.7 Å². The van der Waals surface area contributed by atoms with E-state index < -0.39 is 10.0 Å². The van der Waals surface area contributed by atoms with E-state index in [4.69, 9.17) is 4.74 Å². The van der Waals surface area contributed by atoms with Crippen molar-refractivity contribution in [1.29, 1.82) is 0 Å². The SMILES string of the molecule is COC(=O)[C@@H]1CC(=NNS(=O)(=O)c2ccc(C)cc2)c2sccc2C1. The maximum absolute atomic E-state index is 12.4. The predicted octanol–water partition coefficient (Wildman–Crippen LogP) is 2.47. The Balaban J connectivity index is 1.87. The molecule has 1 N–H and O–H groups in total. The minimum absolute atomic E-state index is 0.147. The average Bonchev–Trinajstić information content (AvgIpc) is 3.08. The molecule has 8 heteroatoms. The number of hydrogen-bond donors (Lipinski definition) is 1. The second kappa shape index (κ2) is 6.97. The average molecular weight is 378 g/mol. The Bertz CT molecular complexity index is 914. The molecule has 0 saturated heterocycles. The Morgan fingerprint density at radius 1 is 1.24 bits per heavy atom. The monoisotopic (exact) mass is 378 g/mol. The van der Waals surface area contributed by atoms with E-state index in [1.165, 1.54) is 30.6 Å². The molecule has 0 unspecified atom stereocenters. The van der Waals surface area contributed by atoms with Gasteiger partial charge < -0.3 is 4.74 Å². The molecule has 0 saturated carbocycles. The number of fused-ring (bicyclic) bond motifs is 1. The molecule has 1 heterocycles. The highest BCUT2D eigenvalue weighted by Gasteiger charge is 2.30. The van der Waals surface area contributed by atoms with Crippen molar-refractivity contribution in [1.82, 2.24) is 4.83 Å². The zero-order chi connectivity index (χ0) is 18.0. The summed E-state index contributed by atoms with van der Waals surface area (Å²) in [7, 11) is -2.40. The van der Waals surface area contributed by atoms with E-state index in [0.29, 0.717) is 18.6 Å². The summed E-state index contributed by atoms with van der Waals surface area (Å²) in [4.78, 5) is 15.2. The van der Waals surface area contributed by atoms with Crippen LogP contribution in [0.25, 0.3) is 0 Å². The Labute approximate surface area is 150 Å². The number of aryl methyl sites for hydroxylation is 1. The molecule has 0 aliphatic heterocycles. The molecular weight excluding hydrogens is 360 g/mol. The van der Waals surface area contributed by atoms with E-state index in [-0.39, 0.29) is 16.8 Å². The van der Waals surface area contributed by atoms with Gasteiger partial charge in [-0.3, -0.25) is 4.79 Å². The van der Waals surface area contributed by atoms with Gasteiger partial charge in [-0.15, -0.1) is 11.3 Å². The number of rotatable bonds is 4. The number of nitrogens with zero attached hydrogens (tertiary/aromatic N) is 1. The van der Waals surface area contributed by atoms with Crippen LogP contribution in [0.1, 0.15) is 22.4 Å². The van der Waals surface area contributed by atoms with Crippen LogP contribution in [0, 0.1) is 12.8 Å². The number of benzene rings is 1. The molecule has 1 aromatic carbocycles. The molecule has 25 heavy (non-hydrogen) atoms. The van der Waals surface area contributed by atoms with Crippen molar-refractivity contribution in [2.45, 2.75) is 24.7 Å². The summed E-state index contributed by atoms with van der Waals surface area (Å²) >= 11 is 1.49. The Hall–Kier alpha value is -2.19. The van der Waals surface area contributed by atoms with Crippen LogP contribution in [-0.2, 0) is 26.0 Å². The first-order valence-corrected chi connectivity index (χ1v) is 10.1. The van der Waals surface area contributed by atoms with Gasteiger partial charge >= 0.3 is 5.97 Å². The summed E-state index contributed by atoms with van der Waals surface area (Å²) in [6, 6.07) is 8.46. The van der Waals surface area contributed by atoms with Crippen LogP contribution in [0.15, 0.2) is 45.7 Å². The van der Waals surface area contributed by atoms with Crippen molar-refractivity contribution in [2.24, 2.45) is 11.0 Å². The van der Waals surface area contributed by atoms with E-state index in [2.05, 4.69) is 9.93 Å². The number of carbonyl (C=O) groups is 1. The van der Waals surface area contributed by atoms with Gasteiger partial charge in [0.15, 0.2) is 0 Å². The highest BCUT2D eigenvalue weighted by atomic mass is 32.2. The standard InChI is InChI=1S/C17H18N2O4S2/c1-11-3-5-14(6-4-11)25(21,22)19-18-15-10-13(17(20)23-2)9-12-7-8-24-16(12)15/h3-8,13,19H,9-10H2,1-2H3/t13-/m0/s1. The highest BCUT2D eigenvalue weighted by molar-refractivity contribution is 7.89. The van der Waals surface area contributed by atoms with Gasteiger partial charge in [-0.25, -0.2) is 0 Å². The Morgan fingerprint density at radius 3 is 2.64 bits per heavy atom. The molecule has 0 spiro atoms. The van der Waals surface area contributed by atoms with E-state index in [1.54, 1.807) is 12.1 Å². The number of carbonyl (C=O) groups excluding carboxylic acids is 1. The van der Waals surface area contributed by atoms with Crippen molar-refractivity contribution < 1.29 is 17.9 Å². The lowest BCUT2D eigenvalue weighted by atomic mass is 9.87. The smallest absolute Gasteiger partial charge is 0.309 e. The van der Waals surface area contributed by atoms with E-state index in [0.717, 1.165) is 16.0 Å². The fourth-order valence-corrected chi connectivity index (χ4v) is 4.49. The van der Waals surface area contributed by atoms with Crippen LogP contribution >= 0.6 is 11.3 Å². The summed E-state index contributed by atoms with van der Waals surface area (Å²) < 4.78 is 29.6. The molecule has 6 nitrogen and oxygen atoms in total. The fraction of sp³-hybridized carbons (Fsp3) is 0.294. The number of methoxy groups -OCH3 is 1. The number of hydrazone groups is 1. The molecule has 1 aliphatic rings. The maximum atomic E-state index is 12.4. The molecule has 2 aromatic rings. The van der Waals surface area contributed by atoms with Gasteiger partial charge in [0.05, 0.1) is 28.5 Å². The van der Waals surface area contributed by atoms with Crippen molar-refractivity contribution >= 4 is 33.0 Å². The zero-order valence-corrected chi connectivity index (χ0v) is 15.5. The number of hydrogen-bond acceptors (Lipinski definition) is 6. The van der Waals surface area contributed by atoms with Crippen LogP contribution < -0.4 is 4.83 Å². The predicted molar refractivity (Wildman–Crippen MR) is 96.2 cm³/mol. The van der Waals surface area contributed by atoms with Gasteiger partial charge in [0, 0.05) is 6.42 Å². The number of ether oxygens (including phenoxy) is 1. The highest BCUT2D eigenvalue weighted by Crippen LogP contribution is 2.30. The summed E-state index contributed by atoms with van der Waals surface area (Å²) in [5.74, 6) is -0.666. The van der Waals surface area contributed by atoms with Gasteiger partial charge in [0.25, 0.3) is 10.0 Å². The third-order valence-electron chi connectivity index (χ3n) is 4.08. The first-order valence-electron chi connectivity index (χ1n) is 7.70. The molecule has 1 aromatic heterocycles. The lowest BCUT2D eigenvalue weighted by Crippen LogP contribution is -2.29. The zero-order valence-electron chi connectivity index (χ0n) is 13.9. The largest absolute Gasteiger partial charge is 0.469 e. The molecule has 0 radical (unpaired) electrons. The molecule has 0 amide bonds. The second-order valence-electron chi connectivity index (χ2n) is 5.87. The summed E-state index contributed by atoms with van der Waals surface area (Å²) in [6.45, 7) is 1.89. The molecule has 1 atom stereocenters. The first-order chi connectivity index (χ1) is 11.9. The van der Waals surface area contributed by atoms with Crippen molar-refractivity contribution in [3.63, 3.8) is 0 Å². The normalized spacial score (nSPS) is 18.6. The van der Waals surface area contributed by atoms with Gasteiger partial charge in [-0.2, -0.15) is 18.4 Å². The summed E-state index contributed by atoms with van der Waals surface area (Å²) in [5, 5.41) is 6.03. The summed E-state index contributed by atoms with van der Waals surface area (Å²) in [5.41, 5.74) is 2.52. The van der Waals surface area contributed by atoms with Crippen molar-refractivity contribution in [3.05, 3.63) is 51.7 Å². The van der Waals surface area contributed by atoms with Crippen LogP contribution in [0.4, 0.5) is 0 Å². The fourth-order valence-electron chi connectivity index (χ4n) is 2.73. The van der Waals surface area contributed by atoms with Gasteiger partial charge in [0.2, 0.25) is 0 Å². The van der Waals surface area contributed by atoms with Gasteiger partial charge in [0.1, 0.15) is 0 Å².